The van der Waals surface area contributed by atoms with Crippen molar-refractivity contribution in [3.8, 4) is 0 Å². The van der Waals surface area contributed by atoms with Gasteiger partial charge in [0.05, 0.1) is 17.2 Å². The van der Waals surface area contributed by atoms with Crippen LogP contribution in [-0.4, -0.2) is 35.5 Å². The van der Waals surface area contributed by atoms with Gasteiger partial charge in [-0.05, 0) is 37.6 Å². The van der Waals surface area contributed by atoms with Crippen LogP contribution in [0.25, 0.3) is 6.08 Å². The monoisotopic (exact) mass is 387 g/mol. The second-order valence-electron chi connectivity index (χ2n) is 6.75. The summed E-state index contributed by atoms with van der Waals surface area (Å²) in [5.41, 5.74) is 3.45. The minimum atomic E-state index is -3.83. The second kappa shape index (κ2) is 7.84. The minimum Gasteiger partial charge on any atom is -0.384 e. The van der Waals surface area contributed by atoms with Crippen LogP contribution in [0.1, 0.15) is 18.1 Å². The topological polar surface area (TPSA) is 55.8 Å². The minimum absolute atomic E-state index is 0.229. The molecule has 6 heteroatoms. The zero-order valence-electron chi connectivity index (χ0n) is 16.0. The first-order chi connectivity index (χ1) is 12.9. The number of benzene rings is 2. The molecule has 0 N–H and O–H groups in total. The maximum absolute atomic E-state index is 13.6. The standard InChI is InChI=1S/C21H25NO4S/c1-15-9-11-18(12-10-15)27(23,24)22-20-8-6-5-7-17(20)13-16(2)19(14-25-3)21(22)26-4/h5-13,19,21H,14H2,1-4H3. The molecule has 1 heterocycles. The summed E-state index contributed by atoms with van der Waals surface area (Å²) in [5, 5.41) is 0. The van der Waals surface area contributed by atoms with Crippen molar-refractivity contribution in [3.05, 3.63) is 65.2 Å². The highest BCUT2D eigenvalue weighted by atomic mass is 32.2. The van der Waals surface area contributed by atoms with Crippen LogP contribution in [0.15, 0.2) is 59.0 Å². The molecule has 0 fully saturated rings. The first kappa shape index (κ1) is 19.6. The van der Waals surface area contributed by atoms with Crippen molar-refractivity contribution in [1.29, 1.82) is 0 Å². The van der Waals surface area contributed by atoms with E-state index < -0.39 is 16.3 Å². The van der Waals surface area contributed by atoms with Gasteiger partial charge in [0.1, 0.15) is 0 Å². The normalized spacial score (nSPS) is 20.0. The van der Waals surface area contributed by atoms with E-state index in [2.05, 4.69) is 0 Å². The third-order valence-electron chi connectivity index (χ3n) is 4.88. The molecule has 5 nitrogen and oxygen atoms in total. The molecule has 2 atom stereocenters. The summed E-state index contributed by atoms with van der Waals surface area (Å²) in [4.78, 5) is 0.237. The Balaban J connectivity index is 2.23. The van der Waals surface area contributed by atoms with E-state index in [0.717, 1.165) is 16.7 Å². The fourth-order valence-electron chi connectivity index (χ4n) is 3.43. The van der Waals surface area contributed by atoms with Crippen molar-refractivity contribution >= 4 is 21.8 Å². The van der Waals surface area contributed by atoms with Crippen LogP contribution >= 0.6 is 0 Å². The largest absolute Gasteiger partial charge is 0.384 e. The Hall–Kier alpha value is -2.15. The van der Waals surface area contributed by atoms with Gasteiger partial charge in [0.25, 0.3) is 10.0 Å². The number of para-hydroxylation sites is 1. The number of nitrogens with zero attached hydrogens (tertiary/aromatic N) is 1. The van der Waals surface area contributed by atoms with Crippen LogP contribution in [0.5, 0.6) is 0 Å². The highest BCUT2D eigenvalue weighted by molar-refractivity contribution is 7.92. The van der Waals surface area contributed by atoms with Crippen molar-refractivity contribution < 1.29 is 17.9 Å². The highest BCUT2D eigenvalue weighted by Crippen LogP contribution is 2.38. The lowest BCUT2D eigenvalue weighted by molar-refractivity contribution is 0.0375. The van der Waals surface area contributed by atoms with Crippen molar-refractivity contribution in [1.82, 2.24) is 0 Å². The Kier molecular flexibility index (Phi) is 5.69. The van der Waals surface area contributed by atoms with Gasteiger partial charge < -0.3 is 9.47 Å². The number of hydrogen-bond donors (Lipinski definition) is 0. The number of anilines is 1. The molecule has 144 valence electrons. The molecule has 0 radical (unpaired) electrons. The Bertz CT molecular complexity index is 935. The number of hydrogen-bond acceptors (Lipinski definition) is 4. The van der Waals surface area contributed by atoms with Crippen LogP contribution in [0.2, 0.25) is 0 Å². The molecule has 2 unspecified atom stereocenters. The van der Waals surface area contributed by atoms with Crippen LogP contribution in [0, 0.1) is 12.8 Å². The van der Waals surface area contributed by atoms with E-state index in [-0.39, 0.29) is 10.8 Å². The van der Waals surface area contributed by atoms with Gasteiger partial charge in [-0.3, -0.25) is 0 Å². The van der Waals surface area contributed by atoms with Gasteiger partial charge in [0, 0.05) is 20.1 Å². The number of rotatable bonds is 5. The summed E-state index contributed by atoms with van der Waals surface area (Å²) in [6.45, 7) is 4.26. The molecule has 2 aromatic carbocycles. The Morgan fingerprint density at radius 1 is 1.00 bits per heavy atom. The van der Waals surface area contributed by atoms with Gasteiger partial charge in [-0.2, -0.15) is 0 Å². The van der Waals surface area contributed by atoms with E-state index in [0.29, 0.717) is 12.3 Å². The fourth-order valence-corrected chi connectivity index (χ4v) is 5.07. The van der Waals surface area contributed by atoms with Crippen molar-refractivity contribution in [2.45, 2.75) is 25.0 Å². The molecule has 0 amide bonds. The smallest absolute Gasteiger partial charge is 0.266 e. The van der Waals surface area contributed by atoms with Crippen molar-refractivity contribution in [3.63, 3.8) is 0 Å². The van der Waals surface area contributed by atoms with Crippen LogP contribution < -0.4 is 4.31 Å². The number of ether oxygens (including phenoxy) is 2. The molecular weight excluding hydrogens is 362 g/mol. The van der Waals surface area contributed by atoms with Gasteiger partial charge in [-0.15, -0.1) is 0 Å². The van der Waals surface area contributed by atoms with E-state index in [4.69, 9.17) is 9.47 Å². The van der Waals surface area contributed by atoms with E-state index in [1.807, 2.05) is 44.2 Å². The molecule has 0 aliphatic carbocycles. The third kappa shape index (κ3) is 3.65. The maximum Gasteiger partial charge on any atom is 0.266 e. The third-order valence-corrected chi connectivity index (χ3v) is 6.67. The predicted molar refractivity (Wildman–Crippen MR) is 107 cm³/mol. The van der Waals surface area contributed by atoms with Gasteiger partial charge >= 0.3 is 0 Å². The van der Waals surface area contributed by atoms with Crippen LogP contribution in [0.3, 0.4) is 0 Å². The fraction of sp³-hybridized carbons (Fsp3) is 0.333. The van der Waals surface area contributed by atoms with Crippen LogP contribution in [0.4, 0.5) is 5.69 Å². The average Bonchev–Trinajstić information content (AvgIpc) is 2.77. The van der Waals surface area contributed by atoms with Gasteiger partial charge in [-0.1, -0.05) is 47.5 Å². The predicted octanol–water partition coefficient (Wildman–Crippen LogP) is 3.84. The molecule has 0 bridgehead atoms. The van der Waals surface area contributed by atoms with E-state index in [9.17, 15) is 8.42 Å². The van der Waals surface area contributed by atoms with Gasteiger partial charge in [0.2, 0.25) is 0 Å². The Labute approximate surface area is 161 Å². The molecule has 2 aromatic rings. The summed E-state index contributed by atoms with van der Waals surface area (Å²) in [5.74, 6) is -0.229. The molecule has 3 rings (SSSR count). The highest BCUT2D eigenvalue weighted by Gasteiger charge is 2.40. The Morgan fingerprint density at radius 3 is 2.30 bits per heavy atom. The number of methoxy groups -OCH3 is 2. The lowest BCUT2D eigenvalue weighted by Crippen LogP contribution is -2.47. The van der Waals surface area contributed by atoms with E-state index >= 15 is 0 Å². The summed E-state index contributed by atoms with van der Waals surface area (Å²) in [6.07, 6.45) is 1.30. The van der Waals surface area contributed by atoms with E-state index in [1.54, 1.807) is 31.4 Å². The van der Waals surface area contributed by atoms with Gasteiger partial charge in [0.15, 0.2) is 6.23 Å². The SMILES string of the molecule is COCC1C(C)=Cc2ccccc2N(S(=O)(=O)c2ccc(C)cc2)C1OC. The summed E-state index contributed by atoms with van der Waals surface area (Å²) in [7, 11) is -0.690. The van der Waals surface area contributed by atoms with Crippen molar-refractivity contribution in [2.75, 3.05) is 25.1 Å². The molecule has 0 aromatic heterocycles. The number of fused-ring (bicyclic) bond motifs is 1. The number of aryl methyl sites for hydroxylation is 1. The second-order valence-corrected chi connectivity index (χ2v) is 8.56. The number of sulfonamides is 1. The summed E-state index contributed by atoms with van der Waals surface area (Å²) >= 11 is 0. The molecular formula is C21H25NO4S. The first-order valence-electron chi connectivity index (χ1n) is 8.80. The lowest BCUT2D eigenvalue weighted by Gasteiger charge is -2.35. The molecule has 0 spiro atoms. The average molecular weight is 388 g/mol. The molecule has 1 aliphatic rings. The first-order valence-corrected chi connectivity index (χ1v) is 10.2. The van der Waals surface area contributed by atoms with E-state index in [1.165, 1.54) is 11.4 Å². The van der Waals surface area contributed by atoms with Crippen LogP contribution in [-0.2, 0) is 19.5 Å². The molecule has 1 aliphatic heterocycles. The quantitative estimate of drug-likeness (QED) is 0.782. The van der Waals surface area contributed by atoms with Crippen molar-refractivity contribution in [2.24, 2.45) is 5.92 Å². The summed E-state index contributed by atoms with van der Waals surface area (Å²) in [6, 6.07) is 14.3. The zero-order chi connectivity index (χ0) is 19.6. The lowest BCUT2D eigenvalue weighted by atomic mass is 9.99. The summed E-state index contributed by atoms with van der Waals surface area (Å²) < 4.78 is 39.7. The van der Waals surface area contributed by atoms with Gasteiger partial charge in [-0.25, -0.2) is 12.7 Å². The molecule has 0 saturated carbocycles. The Morgan fingerprint density at radius 2 is 1.67 bits per heavy atom. The molecule has 27 heavy (non-hydrogen) atoms. The maximum atomic E-state index is 13.6. The molecule has 0 saturated heterocycles. The zero-order valence-corrected chi connectivity index (χ0v) is 16.9.